The van der Waals surface area contributed by atoms with Crippen molar-refractivity contribution < 1.29 is 4.79 Å². The van der Waals surface area contributed by atoms with Crippen molar-refractivity contribution in [2.24, 2.45) is 11.7 Å². The van der Waals surface area contributed by atoms with Crippen LogP contribution in [0.3, 0.4) is 0 Å². The molecule has 2 N–H and O–H groups in total. The van der Waals surface area contributed by atoms with Gasteiger partial charge < -0.3 is 10.6 Å². The molecule has 0 aliphatic carbocycles. The molecule has 0 rings (SSSR count). The molecule has 0 fully saturated rings. The lowest BCUT2D eigenvalue weighted by molar-refractivity contribution is -0.134. The molecule has 78 valence electrons. The number of carbonyl (C=O) groups is 1. The van der Waals surface area contributed by atoms with E-state index in [-0.39, 0.29) is 11.8 Å². The minimum atomic E-state index is 0.128. The average Bonchev–Trinajstić information content (AvgIpc) is 2.15. The molecular weight excluding hydrogens is 164 g/mol. The Bertz CT molecular complexity index is 144. The molecule has 0 aromatic rings. The fourth-order valence-electron chi connectivity index (χ4n) is 1.39. The molecular formula is C10H22N2O. The van der Waals surface area contributed by atoms with Crippen LogP contribution in [0.5, 0.6) is 0 Å². The molecule has 0 heterocycles. The minimum absolute atomic E-state index is 0.128. The maximum atomic E-state index is 11.7. The van der Waals surface area contributed by atoms with Gasteiger partial charge in [0.2, 0.25) is 5.91 Å². The van der Waals surface area contributed by atoms with E-state index in [1.165, 1.54) is 0 Å². The molecule has 0 spiro atoms. The Morgan fingerprint density at radius 2 is 1.92 bits per heavy atom. The van der Waals surface area contributed by atoms with Crippen LogP contribution < -0.4 is 5.73 Å². The minimum Gasteiger partial charge on any atom is -0.343 e. The van der Waals surface area contributed by atoms with Crippen LogP contribution in [0.2, 0.25) is 0 Å². The van der Waals surface area contributed by atoms with E-state index >= 15 is 0 Å². The third-order valence-corrected chi connectivity index (χ3v) is 2.34. The van der Waals surface area contributed by atoms with Crippen molar-refractivity contribution in [2.75, 3.05) is 19.6 Å². The van der Waals surface area contributed by atoms with Crippen molar-refractivity contribution in [1.29, 1.82) is 0 Å². The van der Waals surface area contributed by atoms with Gasteiger partial charge in [0.05, 0.1) is 0 Å². The molecule has 0 aliphatic heterocycles. The van der Waals surface area contributed by atoms with E-state index in [1.807, 2.05) is 25.7 Å². The van der Waals surface area contributed by atoms with Crippen LogP contribution in [0, 0.1) is 5.92 Å². The highest BCUT2D eigenvalue weighted by Gasteiger charge is 2.16. The summed E-state index contributed by atoms with van der Waals surface area (Å²) in [5.74, 6) is 0.391. The number of nitrogens with two attached hydrogens (primary N) is 1. The van der Waals surface area contributed by atoms with Crippen molar-refractivity contribution in [3.63, 3.8) is 0 Å². The Hall–Kier alpha value is -0.570. The van der Waals surface area contributed by atoms with E-state index in [4.69, 9.17) is 5.73 Å². The lowest BCUT2D eigenvalue weighted by Crippen LogP contribution is -2.34. The quantitative estimate of drug-likeness (QED) is 0.678. The second-order valence-electron chi connectivity index (χ2n) is 3.34. The lowest BCUT2D eigenvalue weighted by Gasteiger charge is -2.22. The third kappa shape index (κ3) is 4.27. The van der Waals surface area contributed by atoms with Gasteiger partial charge in [-0.1, -0.05) is 6.92 Å². The zero-order chi connectivity index (χ0) is 10.3. The van der Waals surface area contributed by atoms with E-state index in [0.29, 0.717) is 6.54 Å². The van der Waals surface area contributed by atoms with Crippen molar-refractivity contribution >= 4 is 5.91 Å². The van der Waals surface area contributed by atoms with Gasteiger partial charge in [-0.15, -0.1) is 0 Å². The molecule has 0 radical (unpaired) electrons. The predicted molar refractivity (Wildman–Crippen MR) is 55.4 cm³/mol. The molecule has 3 heteroatoms. The van der Waals surface area contributed by atoms with Gasteiger partial charge in [-0.05, 0) is 33.2 Å². The Labute approximate surface area is 81.3 Å². The zero-order valence-corrected chi connectivity index (χ0v) is 9.05. The van der Waals surface area contributed by atoms with Crippen molar-refractivity contribution in [2.45, 2.75) is 33.6 Å². The highest BCUT2D eigenvalue weighted by Crippen LogP contribution is 2.08. The van der Waals surface area contributed by atoms with Crippen LogP contribution in [-0.4, -0.2) is 30.4 Å². The predicted octanol–water partition coefficient (Wildman–Crippen LogP) is 1.23. The SMILES string of the molecule is CCN(CC)C(=O)C(C)CCCN. The van der Waals surface area contributed by atoms with Gasteiger partial charge in [0, 0.05) is 19.0 Å². The van der Waals surface area contributed by atoms with Crippen molar-refractivity contribution in [1.82, 2.24) is 4.90 Å². The van der Waals surface area contributed by atoms with Crippen LogP contribution in [0.4, 0.5) is 0 Å². The Balaban J connectivity index is 3.92. The molecule has 3 nitrogen and oxygen atoms in total. The normalized spacial score (nSPS) is 12.6. The topological polar surface area (TPSA) is 46.3 Å². The van der Waals surface area contributed by atoms with Crippen LogP contribution >= 0.6 is 0 Å². The number of hydrogen-bond donors (Lipinski definition) is 1. The molecule has 1 unspecified atom stereocenters. The number of hydrogen-bond acceptors (Lipinski definition) is 2. The van der Waals surface area contributed by atoms with E-state index < -0.39 is 0 Å². The van der Waals surface area contributed by atoms with Crippen LogP contribution in [0.1, 0.15) is 33.6 Å². The zero-order valence-electron chi connectivity index (χ0n) is 9.05. The van der Waals surface area contributed by atoms with E-state index in [0.717, 1.165) is 25.9 Å². The smallest absolute Gasteiger partial charge is 0.225 e. The number of rotatable bonds is 6. The first kappa shape index (κ1) is 12.4. The Kier molecular flexibility index (Phi) is 6.59. The summed E-state index contributed by atoms with van der Waals surface area (Å²) < 4.78 is 0. The summed E-state index contributed by atoms with van der Waals surface area (Å²) in [5.41, 5.74) is 5.39. The summed E-state index contributed by atoms with van der Waals surface area (Å²) in [6.07, 6.45) is 1.85. The average molecular weight is 186 g/mol. The molecule has 1 amide bonds. The number of carbonyl (C=O) groups excluding carboxylic acids is 1. The molecule has 1 atom stereocenters. The summed E-state index contributed by atoms with van der Waals surface area (Å²) in [4.78, 5) is 13.6. The lowest BCUT2D eigenvalue weighted by atomic mass is 10.0. The van der Waals surface area contributed by atoms with Crippen LogP contribution in [0.15, 0.2) is 0 Å². The first-order valence-electron chi connectivity index (χ1n) is 5.16. The van der Waals surface area contributed by atoms with Gasteiger partial charge in [0.15, 0.2) is 0 Å². The van der Waals surface area contributed by atoms with Gasteiger partial charge in [-0.2, -0.15) is 0 Å². The first-order chi connectivity index (χ1) is 6.17. The number of nitrogens with zero attached hydrogens (tertiary/aromatic N) is 1. The van der Waals surface area contributed by atoms with Gasteiger partial charge >= 0.3 is 0 Å². The molecule has 0 saturated heterocycles. The van der Waals surface area contributed by atoms with Gasteiger partial charge in [-0.25, -0.2) is 0 Å². The fraction of sp³-hybridized carbons (Fsp3) is 0.900. The molecule has 13 heavy (non-hydrogen) atoms. The molecule has 0 aromatic heterocycles. The van der Waals surface area contributed by atoms with Crippen molar-refractivity contribution in [3.8, 4) is 0 Å². The Morgan fingerprint density at radius 1 is 1.38 bits per heavy atom. The first-order valence-corrected chi connectivity index (χ1v) is 5.16. The molecule has 0 saturated carbocycles. The largest absolute Gasteiger partial charge is 0.343 e. The summed E-state index contributed by atoms with van der Waals surface area (Å²) >= 11 is 0. The van der Waals surface area contributed by atoms with Crippen LogP contribution in [0.25, 0.3) is 0 Å². The molecule has 0 aromatic carbocycles. The third-order valence-electron chi connectivity index (χ3n) is 2.34. The fourth-order valence-corrected chi connectivity index (χ4v) is 1.39. The summed E-state index contributed by atoms with van der Waals surface area (Å²) in [6, 6.07) is 0. The molecule has 0 aliphatic rings. The van der Waals surface area contributed by atoms with Crippen LogP contribution in [-0.2, 0) is 4.79 Å². The standard InChI is InChI=1S/C10H22N2O/c1-4-12(5-2)10(13)9(3)7-6-8-11/h9H,4-8,11H2,1-3H3. The Morgan fingerprint density at radius 3 is 2.31 bits per heavy atom. The van der Waals surface area contributed by atoms with Crippen molar-refractivity contribution in [3.05, 3.63) is 0 Å². The summed E-state index contributed by atoms with van der Waals surface area (Å²) in [6.45, 7) is 8.30. The second-order valence-corrected chi connectivity index (χ2v) is 3.34. The monoisotopic (exact) mass is 186 g/mol. The summed E-state index contributed by atoms with van der Waals surface area (Å²) in [5, 5.41) is 0. The highest BCUT2D eigenvalue weighted by atomic mass is 16.2. The van der Waals surface area contributed by atoms with Gasteiger partial charge in [-0.3, -0.25) is 4.79 Å². The van der Waals surface area contributed by atoms with Gasteiger partial charge in [0.1, 0.15) is 0 Å². The van der Waals surface area contributed by atoms with E-state index in [2.05, 4.69) is 0 Å². The van der Waals surface area contributed by atoms with E-state index in [9.17, 15) is 4.79 Å². The maximum Gasteiger partial charge on any atom is 0.225 e. The van der Waals surface area contributed by atoms with E-state index in [1.54, 1.807) is 0 Å². The highest BCUT2D eigenvalue weighted by molar-refractivity contribution is 5.78. The maximum absolute atomic E-state index is 11.7. The number of amides is 1. The molecule has 0 bridgehead atoms. The summed E-state index contributed by atoms with van der Waals surface area (Å²) in [7, 11) is 0. The second kappa shape index (κ2) is 6.89. The van der Waals surface area contributed by atoms with Gasteiger partial charge in [0.25, 0.3) is 0 Å².